The van der Waals surface area contributed by atoms with Crippen LogP contribution < -0.4 is 5.32 Å². The second-order valence-corrected chi connectivity index (χ2v) is 6.63. The van der Waals surface area contributed by atoms with Crippen LogP contribution in [0.5, 0.6) is 0 Å². The van der Waals surface area contributed by atoms with Crippen LogP contribution in [-0.4, -0.2) is 39.8 Å². The predicted molar refractivity (Wildman–Crippen MR) is 102 cm³/mol. The predicted octanol–water partition coefficient (Wildman–Crippen LogP) is 2.94. The number of nitrogens with one attached hydrogen (secondary N) is 2. The standard InChI is InChI=1S/C21H19N3O4/c25-20(26)19(9-13-10-22-12-23-13)24-21(27)28-11-18-16-7-3-1-5-14(16)15-6-2-4-8-17(15)18/h1-8,10,12,18-19H,9,11H2,(H,22,23)(H,24,27)(H,25,26)/t19-/m1/s1. The van der Waals surface area contributed by atoms with Crippen LogP contribution in [0.25, 0.3) is 11.1 Å². The number of aromatic nitrogens is 2. The first-order chi connectivity index (χ1) is 13.6. The lowest BCUT2D eigenvalue weighted by Crippen LogP contribution is -2.43. The summed E-state index contributed by atoms with van der Waals surface area (Å²) in [5.74, 6) is -1.22. The molecule has 1 atom stereocenters. The molecule has 7 nitrogen and oxygen atoms in total. The van der Waals surface area contributed by atoms with E-state index in [2.05, 4.69) is 27.4 Å². The number of alkyl carbamates (subject to hydrolysis) is 1. The van der Waals surface area contributed by atoms with Gasteiger partial charge >= 0.3 is 12.1 Å². The fourth-order valence-electron chi connectivity index (χ4n) is 3.59. The quantitative estimate of drug-likeness (QED) is 0.613. The number of benzene rings is 2. The van der Waals surface area contributed by atoms with Crippen LogP contribution in [0.4, 0.5) is 4.79 Å². The van der Waals surface area contributed by atoms with Crippen molar-refractivity contribution in [3.8, 4) is 11.1 Å². The van der Waals surface area contributed by atoms with Crippen LogP contribution in [0.2, 0.25) is 0 Å². The summed E-state index contributed by atoms with van der Waals surface area (Å²) in [7, 11) is 0. The van der Waals surface area contributed by atoms with E-state index in [1.807, 2.05) is 36.4 Å². The number of carbonyl (C=O) groups is 2. The summed E-state index contributed by atoms with van der Waals surface area (Å²) in [4.78, 5) is 30.4. The Morgan fingerprint density at radius 2 is 1.75 bits per heavy atom. The van der Waals surface area contributed by atoms with Crippen molar-refractivity contribution in [2.45, 2.75) is 18.4 Å². The van der Waals surface area contributed by atoms with Gasteiger partial charge in [0.1, 0.15) is 12.6 Å². The van der Waals surface area contributed by atoms with Crippen molar-refractivity contribution in [2.75, 3.05) is 6.61 Å². The van der Waals surface area contributed by atoms with Gasteiger partial charge in [0.25, 0.3) is 0 Å². The number of carboxylic acids is 1. The van der Waals surface area contributed by atoms with Crippen molar-refractivity contribution in [3.63, 3.8) is 0 Å². The van der Waals surface area contributed by atoms with E-state index in [0.29, 0.717) is 5.69 Å². The maximum absolute atomic E-state index is 12.2. The van der Waals surface area contributed by atoms with Gasteiger partial charge in [-0.15, -0.1) is 0 Å². The van der Waals surface area contributed by atoms with Gasteiger partial charge in [0.15, 0.2) is 0 Å². The molecule has 2 aromatic carbocycles. The van der Waals surface area contributed by atoms with Crippen LogP contribution in [0.15, 0.2) is 61.1 Å². The molecule has 7 heteroatoms. The van der Waals surface area contributed by atoms with Crippen LogP contribution in [0.3, 0.4) is 0 Å². The molecular weight excluding hydrogens is 358 g/mol. The van der Waals surface area contributed by atoms with Gasteiger partial charge in [-0.3, -0.25) is 0 Å². The number of aromatic amines is 1. The van der Waals surface area contributed by atoms with E-state index in [1.54, 1.807) is 6.20 Å². The molecule has 0 aliphatic heterocycles. The number of hydrogen-bond donors (Lipinski definition) is 3. The number of amides is 1. The topological polar surface area (TPSA) is 104 Å². The average molecular weight is 377 g/mol. The van der Waals surface area contributed by atoms with Crippen molar-refractivity contribution >= 4 is 12.1 Å². The number of aliphatic carboxylic acids is 1. The Morgan fingerprint density at radius 3 is 2.32 bits per heavy atom. The molecule has 3 aromatic rings. The number of ether oxygens (including phenoxy) is 1. The number of rotatable bonds is 6. The summed E-state index contributed by atoms with van der Waals surface area (Å²) < 4.78 is 5.40. The van der Waals surface area contributed by atoms with Gasteiger partial charge in [0.05, 0.1) is 12.0 Å². The van der Waals surface area contributed by atoms with E-state index in [0.717, 1.165) is 22.3 Å². The number of carboxylic acid groups (broad SMARTS) is 1. The van der Waals surface area contributed by atoms with Gasteiger partial charge in [-0.1, -0.05) is 48.5 Å². The highest BCUT2D eigenvalue weighted by atomic mass is 16.5. The Kier molecular flexibility index (Phi) is 4.80. The molecule has 0 fully saturated rings. The van der Waals surface area contributed by atoms with Gasteiger partial charge in [0.2, 0.25) is 0 Å². The maximum Gasteiger partial charge on any atom is 0.407 e. The third-order valence-corrected chi connectivity index (χ3v) is 4.90. The highest BCUT2D eigenvalue weighted by Gasteiger charge is 2.29. The Balaban J connectivity index is 1.44. The highest BCUT2D eigenvalue weighted by molar-refractivity contribution is 5.81. The van der Waals surface area contributed by atoms with Crippen molar-refractivity contribution in [1.29, 1.82) is 0 Å². The van der Waals surface area contributed by atoms with Crippen LogP contribution in [0.1, 0.15) is 22.7 Å². The van der Waals surface area contributed by atoms with Crippen molar-refractivity contribution in [2.24, 2.45) is 0 Å². The molecule has 0 unspecified atom stereocenters. The van der Waals surface area contributed by atoms with Crippen molar-refractivity contribution in [3.05, 3.63) is 77.9 Å². The van der Waals surface area contributed by atoms with Gasteiger partial charge < -0.3 is 20.1 Å². The highest BCUT2D eigenvalue weighted by Crippen LogP contribution is 2.44. The third kappa shape index (κ3) is 3.46. The minimum atomic E-state index is -1.14. The molecule has 28 heavy (non-hydrogen) atoms. The molecule has 0 radical (unpaired) electrons. The number of carbonyl (C=O) groups excluding carboxylic acids is 1. The molecule has 0 spiro atoms. The van der Waals surface area contributed by atoms with Crippen LogP contribution in [-0.2, 0) is 16.0 Å². The zero-order valence-corrected chi connectivity index (χ0v) is 15.0. The Morgan fingerprint density at radius 1 is 1.11 bits per heavy atom. The van der Waals surface area contributed by atoms with Gasteiger partial charge in [-0.2, -0.15) is 0 Å². The number of imidazole rings is 1. The normalized spacial score (nSPS) is 13.4. The number of fused-ring (bicyclic) bond motifs is 3. The summed E-state index contributed by atoms with van der Waals surface area (Å²) in [5.41, 5.74) is 5.01. The number of nitrogens with zero attached hydrogens (tertiary/aromatic N) is 1. The SMILES string of the molecule is O=C(N[C@H](Cc1c[nH]cn1)C(=O)O)OCC1c2ccccc2-c2ccccc21. The zero-order chi connectivity index (χ0) is 19.5. The fourth-order valence-corrected chi connectivity index (χ4v) is 3.59. The second-order valence-electron chi connectivity index (χ2n) is 6.63. The Hall–Kier alpha value is -3.61. The monoisotopic (exact) mass is 377 g/mol. The Labute approximate surface area is 161 Å². The summed E-state index contributed by atoms with van der Waals surface area (Å²) in [6.07, 6.45) is 2.37. The molecule has 1 aliphatic carbocycles. The lowest BCUT2D eigenvalue weighted by molar-refractivity contribution is -0.139. The zero-order valence-electron chi connectivity index (χ0n) is 15.0. The van der Waals surface area contributed by atoms with Gasteiger partial charge in [-0.25, -0.2) is 14.6 Å². The molecular formula is C21H19N3O4. The molecule has 0 saturated carbocycles. The first-order valence-corrected chi connectivity index (χ1v) is 8.95. The first kappa shape index (κ1) is 17.8. The molecule has 3 N–H and O–H groups in total. The van der Waals surface area contributed by atoms with Crippen molar-refractivity contribution < 1.29 is 19.4 Å². The molecule has 0 bridgehead atoms. The van der Waals surface area contributed by atoms with Crippen molar-refractivity contribution in [1.82, 2.24) is 15.3 Å². The van der Waals surface area contributed by atoms with E-state index in [4.69, 9.17) is 4.74 Å². The number of hydrogen-bond acceptors (Lipinski definition) is 4. The molecule has 1 amide bonds. The first-order valence-electron chi connectivity index (χ1n) is 8.95. The molecule has 1 heterocycles. The summed E-state index contributed by atoms with van der Waals surface area (Å²) >= 11 is 0. The van der Waals surface area contributed by atoms with Gasteiger partial charge in [0, 0.05) is 18.5 Å². The molecule has 0 saturated heterocycles. The minimum absolute atomic E-state index is 0.0724. The largest absolute Gasteiger partial charge is 0.480 e. The van der Waals surface area contributed by atoms with E-state index in [9.17, 15) is 14.7 Å². The summed E-state index contributed by atoms with van der Waals surface area (Å²) in [6.45, 7) is 0.134. The van der Waals surface area contributed by atoms with Crippen LogP contribution >= 0.6 is 0 Å². The molecule has 4 rings (SSSR count). The van der Waals surface area contributed by atoms with E-state index < -0.39 is 18.1 Å². The number of H-pyrrole nitrogens is 1. The average Bonchev–Trinajstić information content (AvgIpc) is 3.32. The van der Waals surface area contributed by atoms with Crippen LogP contribution in [0, 0.1) is 0 Å². The lowest BCUT2D eigenvalue weighted by atomic mass is 9.98. The third-order valence-electron chi connectivity index (χ3n) is 4.90. The van der Waals surface area contributed by atoms with Gasteiger partial charge in [-0.05, 0) is 22.3 Å². The molecule has 1 aromatic heterocycles. The maximum atomic E-state index is 12.2. The lowest BCUT2D eigenvalue weighted by Gasteiger charge is -2.17. The summed E-state index contributed by atoms with van der Waals surface area (Å²) in [6, 6.07) is 14.9. The second kappa shape index (κ2) is 7.56. The van der Waals surface area contributed by atoms with E-state index in [-0.39, 0.29) is 18.9 Å². The molecule has 1 aliphatic rings. The van der Waals surface area contributed by atoms with E-state index in [1.165, 1.54) is 6.33 Å². The molecule has 142 valence electrons. The minimum Gasteiger partial charge on any atom is -0.480 e. The fraction of sp³-hybridized carbons (Fsp3) is 0.190. The smallest absolute Gasteiger partial charge is 0.407 e. The Bertz CT molecular complexity index is 955. The summed E-state index contributed by atoms with van der Waals surface area (Å²) in [5, 5.41) is 11.8. The van der Waals surface area contributed by atoms with E-state index >= 15 is 0 Å².